The van der Waals surface area contributed by atoms with Crippen LogP contribution in [0.1, 0.15) is 16.1 Å². The summed E-state index contributed by atoms with van der Waals surface area (Å²) >= 11 is 3.44. The van der Waals surface area contributed by atoms with Crippen molar-refractivity contribution in [2.45, 2.75) is 6.54 Å². The van der Waals surface area contributed by atoms with Crippen molar-refractivity contribution < 1.29 is 18.7 Å². The molecular formula is C14H14BrNO4. The molecule has 1 heterocycles. The lowest BCUT2D eigenvalue weighted by molar-refractivity contribution is 0.0923. The van der Waals surface area contributed by atoms with Gasteiger partial charge in [0.25, 0.3) is 5.91 Å². The second-order valence-electron chi connectivity index (χ2n) is 3.96. The fourth-order valence-corrected chi connectivity index (χ4v) is 2.16. The van der Waals surface area contributed by atoms with E-state index in [1.54, 1.807) is 32.4 Å². The summed E-state index contributed by atoms with van der Waals surface area (Å²) in [4.78, 5) is 11.8. The van der Waals surface area contributed by atoms with E-state index < -0.39 is 0 Å². The van der Waals surface area contributed by atoms with Crippen LogP contribution in [0.2, 0.25) is 0 Å². The third-order valence-corrected chi connectivity index (χ3v) is 3.48. The van der Waals surface area contributed by atoms with Crippen molar-refractivity contribution in [1.82, 2.24) is 5.32 Å². The molecule has 0 aliphatic heterocycles. The summed E-state index contributed by atoms with van der Waals surface area (Å²) in [7, 11) is 3.14. The lowest BCUT2D eigenvalue weighted by Crippen LogP contribution is -2.22. The van der Waals surface area contributed by atoms with Crippen molar-refractivity contribution in [3.8, 4) is 11.5 Å². The quantitative estimate of drug-likeness (QED) is 0.909. The molecule has 20 heavy (non-hydrogen) atoms. The van der Waals surface area contributed by atoms with Gasteiger partial charge in [-0.15, -0.1) is 0 Å². The Morgan fingerprint density at radius 1 is 1.30 bits per heavy atom. The predicted octanol–water partition coefficient (Wildman–Crippen LogP) is 2.99. The highest BCUT2D eigenvalue weighted by atomic mass is 79.9. The van der Waals surface area contributed by atoms with E-state index in [4.69, 9.17) is 13.9 Å². The van der Waals surface area contributed by atoms with Crippen LogP contribution >= 0.6 is 15.9 Å². The first-order valence-electron chi connectivity index (χ1n) is 5.87. The van der Waals surface area contributed by atoms with Crippen molar-refractivity contribution in [3.63, 3.8) is 0 Å². The molecule has 2 rings (SSSR count). The maximum Gasteiger partial charge on any atom is 0.287 e. The lowest BCUT2D eigenvalue weighted by atomic mass is 10.2. The molecule has 0 saturated carbocycles. The van der Waals surface area contributed by atoms with Gasteiger partial charge in [0.2, 0.25) is 0 Å². The summed E-state index contributed by atoms with van der Waals surface area (Å²) in [6.07, 6.45) is 1.46. The van der Waals surface area contributed by atoms with E-state index in [1.165, 1.54) is 6.26 Å². The van der Waals surface area contributed by atoms with Crippen LogP contribution in [0.4, 0.5) is 0 Å². The Labute approximate surface area is 125 Å². The molecule has 0 radical (unpaired) electrons. The van der Waals surface area contributed by atoms with Crippen molar-refractivity contribution in [2.75, 3.05) is 14.2 Å². The maximum atomic E-state index is 11.8. The van der Waals surface area contributed by atoms with Crippen LogP contribution in [0.3, 0.4) is 0 Å². The van der Waals surface area contributed by atoms with E-state index in [2.05, 4.69) is 21.2 Å². The molecule has 0 bridgehead atoms. The molecule has 0 saturated heterocycles. The van der Waals surface area contributed by atoms with Crippen molar-refractivity contribution in [1.29, 1.82) is 0 Å². The highest BCUT2D eigenvalue weighted by molar-refractivity contribution is 9.10. The van der Waals surface area contributed by atoms with Crippen LogP contribution in [-0.2, 0) is 6.54 Å². The lowest BCUT2D eigenvalue weighted by Gasteiger charge is -2.12. The molecule has 0 atom stereocenters. The highest BCUT2D eigenvalue weighted by Gasteiger charge is 2.12. The number of benzene rings is 1. The van der Waals surface area contributed by atoms with Gasteiger partial charge in [0.15, 0.2) is 17.3 Å². The van der Waals surface area contributed by atoms with Crippen molar-refractivity contribution >= 4 is 21.8 Å². The van der Waals surface area contributed by atoms with Gasteiger partial charge in [-0.1, -0.05) is 15.9 Å². The molecule has 2 aromatic rings. The number of amides is 1. The zero-order valence-electron chi connectivity index (χ0n) is 11.1. The molecule has 1 aromatic carbocycles. The van der Waals surface area contributed by atoms with Crippen LogP contribution in [0, 0.1) is 0 Å². The number of nitrogens with one attached hydrogen (secondary N) is 1. The van der Waals surface area contributed by atoms with E-state index >= 15 is 0 Å². The Bertz CT molecular complexity index is 595. The summed E-state index contributed by atoms with van der Waals surface area (Å²) in [6.45, 7) is 0.348. The van der Waals surface area contributed by atoms with Gasteiger partial charge in [0.1, 0.15) is 0 Å². The maximum absolute atomic E-state index is 11.8. The average Bonchev–Trinajstić information content (AvgIpc) is 2.99. The number of hydrogen-bond acceptors (Lipinski definition) is 4. The highest BCUT2D eigenvalue weighted by Crippen LogP contribution is 2.33. The Hall–Kier alpha value is -1.95. The second-order valence-corrected chi connectivity index (χ2v) is 4.81. The minimum atomic E-state index is -0.267. The van der Waals surface area contributed by atoms with E-state index in [-0.39, 0.29) is 11.7 Å². The molecule has 1 aromatic heterocycles. The fourth-order valence-electron chi connectivity index (χ4n) is 1.70. The first kappa shape index (κ1) is 14.5. The first-order chi connectivity index (χ1) is 9.65. The van der Waals surface area contributed by atoms with Gasteiger partial charge in [-0.05, 0) is 29.8 Å². The summed E-state index contributed by atoms with van der Waals surface area (Å²) in [5.74, 6) is 1.25. The van der Waals surface area contributed by atoms with Crippen LogP contribution in [0.15, 0.2) is 39.4 Å². The summed E-state index contributed by atoms with van der Waals surface area (Å²) in [6, 6.07) is 6.89. The third kappa shape index (κ3) is 3.14. The predicted molar refractivity (Wildman–Crippen MR) is 77.1 cm³/mol. The van der Waals surface area contributed by atoms with Crippen LogP contribution in [0.25, 0.3) is 0 Å². The Balaban J connectivity index is 2.11. The van der Waals surface area contributed by atoms with Crippen molar-refractivity contribution in [3.05, 3.63) is 46.3 Å². The Morgan fingerprint density at radius 2 is 2.00 bits per heavy atom. The number of hydrogen-bond donors (Lipinski definition) is 1. The monoisotopic (exact) mass is 339 g/mol. The Kier molecular flexibility index (Phi) is 4.68. The van der Waals surface area contributed by atoms with Crippen LogP contribution < -0.4 is 14.8 Å². The molecule has 0 spiro atoms. The number of rotatable bonds is 5. The zero-order valence-corrected chi connectivity index (χ0v) is 12.7. The van der Waals surface area contributed by atoms with Gasteiger partial charge < -0.3 is 19.2 Å². The molecule has 0 fully saturated rings. The summed E-state index contributed by atoms with van der Waals surface area (Å²) < 4.78 is 16.3. The van der Waals surface area contributed by atoms with Crippen LogP contribution in [-0.4, -0.2) is 20.1 Å². The summed E-state index contributed by atoms with van der Waals surface area (Å²) in [5.41, 5.74) is 0.877. The third-order valence-electron chi connectivity index (χ3n) is 2.74. The SMILES string of the molecule is COc1cc(Br)c(CNC(=O)c2ccco2)cc1OC. The molecular weight excluding hydrogens is 326 g/mol. The average molecular weight is 340 g/mol. The fraction of sp³-hybridized carbons (Fsp3) is 0.214. The molecule has 0 aliphatic carbocycles. The largest absolute Gasteiger partial charge is 0.493 e. The normalized spacial score (nSPS) is 10.2. The van der Waals surface area contributed by atoms with E-state index in [0.717, 1.165) is 10.0 Å². The molecule has 6 heteroatoms. The minimum Gasteiger partial charge on any atom is -0.493 e. The van der Waals surface area contributed by atoms with Gasteiger partial charge in [0, 0.05) is 11.0 Å². The number of carbonyl (C=O) groups excluding carboxylic acids is 1. The number of halogens is 1. The van der Waals surface area contributed by atoms with Crippen LogP contribution in [0.5, 0.6) is 11.5 Å². The number of ether oxygens (including phenoxy) is 2. The van der Waals surface area contributed by atoms with Gasteiger partial charge in [0.05, 0.1) is 20.5 Å². The molecule has 0 aliphatic rings. The molecule has 106 valence electrons. The topological polar surface area (TPSA) is 60.7 Å². The van der Waals surface area contributed by atoms with E-state index in [9.17, 15) is 4.79 Å². The van der Waals surface area contributed by atoms with E-state index in [1.807, 2.05) is 6.07 Å². The van der Waals surface area contributed by atoms with Crippen molar-refractivity contribution in [2.24, 2.45) is 0 Å². The smallest absolute Gasteiger partial charge is 0.287 e. The van der Waals surface area contributed by atoms with E-state index in [0.29, 0.717) is 18.0 Å². The molecule has 5 nitrogen and oxygen atoms in total. The zero-order chi connectivity index (χ0) is 14.5. The first-order valence-corrected chi connectivity index (χ1v) is 6.67. The molecule has 0 unspecified atom stereocenters. The summed E-state index contributed by atoms with van der Waals surface area (Å²) in [5, 5.41) is 2.77. The Morgan fingerprint density at radius 3 is 2.60 bits per heavy atom. The number of methoxy groups -OCH3 is 2. The molecule has 1 amide bonds. The number of carbonyl (C=O) groups is 1. The standard InChI is InChI=1S/C14H14BrNO4/c1-18-12-6-9(10(15)7-13(12)19-2)8-16-14(17)11-4-3-5-20-11/h3-7H,8H2,1-2H3,(H,16,17). The second kappa shape index (κ2) is 6.47. The molecule has 1 N–H and O–H groups in total. The van der Waals surface area contributed by atoms with Gasteiger partial charge in [-0.25, -0.2) is 0 Å². The van der Waals surface area contributed by atoms with Gasteiger partial charge >= 0.3 is 0 Å². The van der Waals surface area contributed by atoms with Gasteiger partial charge in [-0.2, -0.15) is 0 Å². The number of furan rings is 1. The minimum absolute atomic E-state index is 0.267. The van der Waals surface area contributed by atoms with Gasteiger partial charge in [-0.3, -0.25) is 4.79 Å².